The van der Waals surface area contributed by atoms with Crippen LogP contribution in [0.5, 0.6) is 0 Å². The molecule has 4 rings (SSSR count). The smallest absolute Gasteiger partial charge is 0.416 e. The summed E-state index contributed by atoms with van der Waals surface area (Å²) in [5, 5.41) is 13.0. The number of fused-ring (bicyclic) bond motifs is 1. The highest BCUT2D eigenvalue weighted by atomic mass is 35.5. The molecule has 2 unspecified atom stereocenters. The molecule has 0 saturated heterocycles. The summed E-state index contributed by atoms with van der Waals surface area (Å²) < 4.78 is 40.1. The zero-order valence-corrected chi connectivity index (χ0v) is 23.0. The van der Waals surface area contributed by atoms with Crippen LogP contribution in [-0.2, 0) is 11.0 Å². The van der Waals surface area contributed by atoms with Crippen molar-refractivity contribution in [3.63, 3.8) is 0 Å². The van der Waals surface area contributed by atoms with E-state index in [0.29, 0.717) is 33.1 Å². The van der Waals surface area contributed by atoms with Crippen LogP contribution in [0.2, 0.25) is 10.0 Å². The maximum atomic E-state index is 13.4. The van der Waals surface area contributed by atoms with Gasteiger partial charge in [-0.2, -0.15) is 13.2 Å². The van der Waals surface area contributed by atoms with Gasteiger partial charge in [0.2, 0.25) is 0 Å². The van der Waals surface area contributed by atoms with Crippen molar-refractivity contribution in [1.29, 1.82) is 0 Å². The number of halogens is 5. The molecule has 210 valence electrons. The average Bonchev–Trinajstić information content (AvgIpc) is 3.32. The number of carboxylic acids is 1. The summed E-state index contributed by atoms with van der Waals surface area (Å²) in [4.78, 5) is 26.4. The molecule has 0 radical (unpaired) electrons. The van der Waals surface area contributed by atoms with Gasteiger partial charge in [-0.05, 0) is 65.4 Å². The molecule has 5 nitrogen and oxygen atoms in total. The van der Waals surface area contributed by atoms with E-state index in [1.54, 1.807) is 24.3 Å². The lowest BCUT2D eigenvalue weighted by molar-refractivity contribution is -0.138. The Morgan fingerprint density at radius 1 is 1.00 bits per heavy atom. The Morgan fingerprint density at radius 2 is 1.65 bits per heavy atom. The first-order valence-electron chi connectivity index (χ1n) is 12.7. The highest BCUT2D eigenvalue weighted by Gasteiger charge is 2.32. The standard InChI is InChI=1S/C30H27Cl2F3N2O3/c1-2-3-22(17-4-6-19(7-5-17)29(40)36-13-12-26(38)39)27(18-8-10-20(11-9-18)30(33,34)35)24-16-37-28-23(24)14-21(31)15-25(28)32/h4-11,14-16,22,27,37H,2-3,12-13H2,1H3,(H,36,40)(H,38,39). The molecule has 0 bridgehead atoms. The Balaban J connectivity index is 1.78. The molecule has 0 saturated carbocycles. The lowest BCUT2D eigenvalue weighted by Gasteiger charge is -2.29. The second-order valence-corrected chi connectivity index (χ2v) is 10.4. The van der Waals surface area contributed by atoms with E-state index < -0.39 is 17.7 Å². The lowest BCUT2D eigenvalue weighted by Crippen LogP contribution is -2.26. The molecule has 1 aromatic heterocycles. The Morgan fingerprint density at radius 3 is 2.25 bits per heavy atom. The normalized spacial score (nSPS) is 13.2. The van der Waals surface area contributed by atoms with Gasteiger partial charge in [0.25, 0.3) is 5.91 Å². The van der Waals surface area contributed by atoms with Crippen LogP contribution in [0, 0.1) is 0 Å². The van der Waals surface area contributed by atoms with Gasteiger partial charge in [0.1, 0.15) is 0 Å². The first-order chi connectivity index (χ1) is 19.0. The van der Waals surface area contributed by atoms with Gasteiger partial charge in [-0.1, -0.05) is 60.8 Å². The van der Waals surface area contributed by atoms with Crippen molar-refractivity contribution in [2.24, 2.45) is 0 Å². The van der Waals surface area contributed by atoms with Gasteiger partial charge in [0, 0.05) is 34.6 Å². The molecule has 0 fully saturated rings. The van der Waals surface area contributed by atoms with Crippen LogP contribution in [0.25, 0.3) is 10.9 Å². The molecule has 2 atom stereocenters. The number of hydrogen-bond donors (Lipinski definition) is 3. The number of carbonyl (C=O) groups is 2. The first-order valence-corrected chi connectivity index (χ1v) is 13.5. The molecular weight excluding hydrogens is 564 g/mol. The lowest BCUT2D eigenvalue weighted by atomic mass is 9.75. The fraction of sp³-hybridized carbons (Fsp3) is 0.267. The van der Waals surface area contributed by atoms with Crippen LogP contribution in [0.3, 0.4) is 0 Å². The summed E-state index contributed by atoms with van der Waals surface area (Å²) >= 11 is 12.8. The number of aromatic amines is 1. The molecule has 1 amide bonds. The molecule has 10 heteroatoms. The van der Waals surface area contributed by atoms with E-state index in [1.165, 1.54) is 12.1 Å². The average molecular weight is 591 g/mol. The third-order valence-electron chi connectivity index (χ3n) is 6.90. The van der Waals surface area contributed by atoms with Gasteiger partial charge in [0.05, 0.1) is 22.5 Å². The highest BCUT2D eigenvalue weighted by molar-refractivity contribution is 6.38. The van der Waals surface area contributed by atoms with E-state index >= 15 is 0 Å². The number of carboxylic acid groups (broad SMARTS) is 1. The molecule has 4 aromatic rings. The Kier molecular flexibility index (Phi) is 9.11. The Labute approximate surface area is 239 Å². The van der Waals surface area contributed by atoms with Gasteiger partial charge >= 0.3 is 12.1 Å². The SMILES string of the molecule is CCCC(c1ccc(C(=O)NCCC(=O)O)cc1)C(c1ccc(C(F)(F)F)cc1)c1c[nH]c2c(Cl)cc(Cl)cc12. The van der Waals surface area contributed by atoms with Crippen LogP contribution >= 0.6 is 23.2 Å². The third kappa shape index (κ3) is 6.62. The van der Waals surface area contributed by atoms with Crippen molar-refractivity contribution < 1.29 is 27.9 Å². The molecule has 0 aliphatic heterocycles. The molecule has 3 N–H and O–H groups in total. The first kappa shape index (κ1) is 29.5. The summed E-state index contributed by atoms with van der Waals surface area (Å²) in [6, 6.07) is 15.6. The predicted octanol–water partition coefficient (Wildman–Crippen LogP) is 8.41. The minimum absolute atomic E-state index is 0.00998. The summed E-state index contributed by atoms with van der Waals surface area (Å²) in [6.45, 7) is 2.04. The van der Waals surface area contributed by atoms with Crippen LogP contribution in [0.4, 0.5) is 13.2 Å². The highest BCUT2D eigenvalue weighted by Crippen LogP contribution is 2.45. The molecule has 1 heterocycles. The topological polar surface area (TPSA) is 82.2 Å². The molecule has 0 spiro atoms. The van der Waals surface area contributed by atoms with Crippen LogP contribution in [-0.4, -0.2) is 28.5 Å². The predicted molar refractivity (Wildman–Crippen MR) is 150 cm³/mol. The van der Waals surface area contributed by atoms with Gasteiger partial charge < -0.3 is 15.4 Å². The molecular formula is C30H27Cl2F3N2O3. The van der Waals surface area contributed by atoms with Gasteiger partial charge in [-0.25, -0.2) is 0 Å². The minimum atomic E-state index is -4.46. The zero-order valence-electron chi connectivity index (χ0n) is 21.5. The summed E-state index contributed by atoms with van der Waals surface area (Å²) in [6.07, 6.45) is -1.32. The van der Waals surface area contributed by atoms with Crippen molar-refractivity contribution in [3.05, 3.63) is 105 Å². The van der Waals surface area contributed by atoms with Crippen LogP contribution in [0.1, 0.15) is 70.6 Å². The van der Waals surface area contributed by atoms with Crippen molar-refractivity contribution in [2.45, 2.75) is 44.2 Å². The summed E-state index contributed by atoms with van der Waals surface area (Å²) in [5.74, 6) is -1.92. The quantitative estimate of drug-likeness (QED) is 0.173. The van der Waals surface area contributed by atoms with E-state index in [4.69, 9.17) is 28.3 Å². The number of rotatable bonds is 10. The molecule has 3 aromatic carbocycles. The second-order valence-electron chi connectivity index (χ2n) is 9.57. The number of benzene rings is 3. The number of carbonyl (C=O) groups excluding carboxylic acids is 1. The van der Waals surface area contributed by atoms with Crippen molar-refractivity contribution >= 4 is 46.0 Å². The molecule has 0 aliphatic carbocycles. The maximum absolute atomic E-state index is 13.4. The van der Waals surface area contributed by atoms with E-state index in [9.17, 15) is 22.8 Å². The maximum Gasteiger partial charge on any atom is 0.416 e. The fourth-order valence-corrected chi connectivity index (χ4v) is 5.59. The number of aliphatic carboxylic acids is 1. The van der Waals surface area contributed by atoms with Crippen molar-refractivity contribution in [2.75, 3.05) is 6.54 Å². The summed E-state index contributed by atoms with van der Waals surface area (Å²) in [5.41, 5.74) is 2.76. The molecule has 0 aliphatic rings. The Hall–Kier alpha value is -3.49. The number of aromatic nitrogens is 1. The Bertz CT molecular complexity index is 1500. The number of H-pyrrole nitrogens is 1. The summed E-state index contributed by atoms with van der Waals surface area (Å²) in [7, 11) is 0. The number of hydrogen-bond acceptors (Lipinski definition) is 2. The largest absolute Gasteiger partial charge is 0.481 e. The minimum Gasteiger partial charge on any atom is -0.481 e. The third-order valence-corrected chi connectivity index (χ3v) is 7.41. The fourth-order valence-electron chi connectivity index (χ4n) is 5.04. The van der Waals surface area contributed by atoms with E-state index in [0.717, 1.165) is 35.1 Å². The number of alkyl halides is 3. The van der Waals surface area contributed by atoms with Crippen LogP contribution < -0.4 is 5.32 Å². The van der Waals surface area contributed by atoms with Gasteiger partial charge in [-0.3, -0.25) is 9.59 Å². The van der Waals surface area contributed by atoms with Crippen molar-refractivity contribution in [1.82, 2.24) is 10.3 Å². The van der Waals surface area contributed by atoms with Crippen LogP contribution in [0.15, 0.2) is 66.9 Å². The van der Waals surface area contributed by atoms with Gasteiger partial charge in [0.15, 0.2) is 0 Å². The zero-order chi connectivity index (χ0) is 29.0. The molecule has 40 heavy (non-hydrogen) atoms. The number of nitrogens with one attached hydrogen (secondary N) is 2. The second kappa shape index (κ2) is 12.4. The van der Waals surface area contributed by atoms with Gasteiger partial charge in [-0.15, -0.1) is 0 Å². The monoisotopic (exact) mass is 590 g/mol. The van der Waals surface area contributed by atoms with E-state index in [2.05, 4.69) is 10.3 Å². The van der Waals surface area contributed by atoms with E-state index in [-0.39, 0.29) is 30.7 Å². The van der Waals surface area contributed by atoms with Crippen molar-refractivity contribution in [3.8, 4) is 0 Å². The van der Waals surface area contributed by atoms with E-state index in [1.807, 2.05) is 25.3 Å². The number of amides is 1.